The fourth-order valence-electron chi connectivity index (χ4n) is 3.49. The van der Waals surface area contributed by atoms with Crippen LogP contribution in [-0.2, 0) is 0 Å². The Labute approximate surface area is 199 Å². The van der Waals surface area contributed by atoms with Crippen molar-refractivity contribution < 1.29 is 14.0 Å². The molecule has 0 radical (unpaired) electrons. The third-order valence-electron chi connectivity index (χ3n) is 4.92. The van der Waals surface area contributed by atoms with Crippen LogP contribution in [0.5, 0.6) is 0 Å². The maximum atomic E-state index is 8.81. The highest BCUT2D eigenvalue weighted by molar-refractivity contribution is 6.30. The molecule has 0 amide bonds. The van der Waals surface area contributed by atoms with Crippen molar-refractivity contribution >= 4 is 33.5 Å². The van der Waals surface area contributed by atoms with E-state index in [-0.39, 0.29) is 51.0 Å². The molecule has 0 bridgehead atoms. The Morgan fingerprint density at radius 3 is 2.25 bits per heavy atom. The fourth-order valence-corrected chi connectivity index (χ4v) is 3.68. The van der Waals surface area contributed by atoms with Crippen molar-refractivity contribution in [1.29, 1.82) is 0 Å². The molecule has 0 unspecified atom stereocenters. The maximum Gasteiger partial charge on any atom is 0.164 e. The molecule has 6 aromatic rings. The molecule has 4 aromatic carbocycles. The van der Waals surface area contributed by atoms with Gasteiger partial charge >= 0.3 is 0 Å². The first-order valence-corrected chi connectivity index (χ1v) is 10.0. The summed E-state index contributed by atoms with van der Waals surface area (Å²) in [6.07, 6.45) is 0. The van der Waals surface area contributed by atoms with Gasteiger partial charge in [0.25, 0.3) is 0 Å². The summed E-state index contributed by atoms with van der Waals surface area (Å²) >= 11 is 6.23. The Balaban J connectivity index is 1.79. The molecule has 6 rings (SSSR count). The van der Waals surface area contributed by atoms with Crippen LogP contribution in [0.25, 0.3) is 56.1 Å². The van der Waals surface area contributed by atoms with Gasteiger partial charge in [0.15, 0.2) is 17.5 Å². The summed E-state index contributed by atoms with van der Waals surface area (Å²) in [4.78, 5) is 13.9. The Kier molecular flexibility index (Phi) is 3.02. The molecular weight excluding hydrogens is 418 g/mol. The lowest BCUT2D eigenvalue weighted by Crippen LogP contribution is -2.00. The van der Waals surface area contributed by atoms with Crippen molar-refractivity contribution in [3.8, 4) is 34.2 Å². The molecule has 0 fully saturated rings. The highest BCUT2D eigenvalue weighted by Crippen LogP contribution is 2.36. The zero-order valence-electron chi connectivity index (χ0n) is 23.3. The van der Waals surface area contributed by atoms with Crippen LogP contribution in [0.1, 0.15) is 9.60 Å². The van der Waals surface area contributed by atoms with Gasteiger partial charge in [0.2, 0.25) is 0 Å². The van der Waals surface area contributed by atoms with E-state index in [4.69, 9.17) is 25.6 Å². The number of halogens is 1. The summed E-state index contributed by atoms with van der Waals surface area (Å²) in [5.74, 6) is 0.502. The standard InChI is InChI=1S/C27H16ClN3O/c28-19-11-6-10-18(16-19)26-29-25(17-8-2-1-3-9-17)30-27(31-26)21-13-7-15-23-24(21)20-12-4-5-14-22(20)32-23/h1-16H/i4D,5D,7D,12D,13D,14D,15D. The van der Waals surface area contributed by atoms with Crippen molar-refractivity contribution in [3.63, 3.8) is 0 Å². The minimum absolute atomic E-state index is 0.00219. The SMILES string of the molecule is [2H]c1c([2H])c([2H])c2c(oc3c([2H])c([2H])c([2H])c(-c4nc(-c5ccccc5)nc(-c5cccc(Cl)c5)n4)c32)c1[2H]. The minimum atomic E-state index is -0.494. The first-order valence-electron chi connectivity index (χ1n) is 13.2. The van der Waals surface area contributed by atoms with E-state index in [1.165, 1.54) is 0 Å². The summed E-state index contributed by atoms with van der Waals surface area (Å²) in [6.45, 7) is 0. The van der Waals surface area contributed by atoms with Crippen LogP contribution in [-0.4, -0.2) is 15.0 Å². The van der Waals surface area contributed by atoms with Gasteiger partial charge < -0.3 is 4.42 Å². The molecule has 0 saturated carbocycles. The normalized spacial score (nSPS) is 14.3. The minimum Gasteiger partial charge on any atom is -0.456 e. The van der Waals surface area contributed by atoms with E-state index in [2.05, 4.69) is 15.0 Å². The van der Waals surface area contributed by atoms with Crippen molar-refractivity contribution in [2.24, 2.45) is 0 Å². The maximum absolute atomic E-state index is 8.81. The highest BCUT2D eigenvalue weighted by atomic mass is 35.5. The molecule has 0 aliphatic carbocycles. The molecule has 0 aliphatic heterocycles. The Morgan fingerprint density at radius 2 is 1.41 bits per heavy atom. The summed E-state index contributed by atoms with van der Waals surface area (Å²) in [7, 11) is 0. The van der Waals surface area contributed by atoms with Gasteiger partial charge in [-0.3, -0.25) is 0 Å². The fraction of sp³-hybridized carbons (Fsp3) is 0. The molecule has 0 N–H and O–H groups in total. The molecule has 32 heavy (non-hydrogen) atoms. The number of rotatable bonds is 3. The van der Waals surface area contributed by atoms with Gasteiger partial charge in [0.05, 0.1) is 9.60 Å². The van der Waals surface area contributed by atoms with E-state index < -0.39 is 36.3 Å². The molecule has 0 spiro atoms. The Hall–Kier alpha value is -4.02. The smallest absolute Gasteiger partial charge is 0.164 e. The quantitative estimate of drug-likeness (QED) is 0.287. The second-order valence-corrected chi connectivity index (χ2v) is 7.38. The van der Waals surface area contributed by atoms with Gasteiger partial charge in [-0.25, -0.2) is 15.0 Å². The van der Waals surface area contributed by atoms with E-state index in [1.807, 2.05) is 30.3 Å². The molecule has 0 saturated heterocycles. The van der Waals surface area contributed by atoms with Crippen molar-refractivity contribution in [3.05, 3.63) is 102 Å². The van der Waals surface area contributed by atoms with E-state index in [1.54, 1.807) is 24.3 Å². The molecule has 0 atom stereocenters. The van der Waals surface area contributed by atoms with Crippen LogP contribution in [0.2, 0.25) is 5.02 Å². The van der Waals surface area contributed by atoms with Gasteiger partial charge in [-0.05, 0) is 24.2 Å². The summed E-state index contributed by atoms with van der Waals surface area (Å²) < 4.78 is 64.6. The van der Waals surface area contributed by atoms with Gasteiger partial charge in [-0.2, -0.15) is 0 Å². The lowest BCUT2D eigenvalue weighted by molar-refractivity contribution is 0.669. The average Bonchev–Trinajstić information content (AvgIpc) is 3.35. The summed E-state index contributed by atoms with van der Waals surface area (Å²) in [6, 6.07) is 12.9. The van der Waals surface area contributed by atoms with E-state index in [9.17, 15) is 0 Å². The Morgan fingerprint density at radius 1 is 0.688 bits per heavy atom. The second kappa shape index (κ2) is 7.59. The lowest BCUT2D eigenvalue weighted by atomic mass is 10.1. The first kappa shape index (κ1) is 12.7. The van der Waals surface area contributed by atoms with Crippen LogP contribution in [0.3, 0.4) is 0 Å². The van der Waals surface area contributed by atoms with Gasteiger partial charge in [0, 0.05) is 32.5 Å². The number of fused-ring (bicyclic) bond motifs is 3. The molecule has 2 aromatic heterocycles. The van der Waals surface area contributed by atoms with E-state index in [0.717, 1.165) is 0 Å². The third-order valence-corrected chi connectivity index (χ3v) is 5.16. The lowest BCUT2D eigenvalue weighted by Gasteiger charge is -2.09. The Bertz CT molecular complexity index is 1960. The van der Waals surface area contributed by atoms with Crippen LogP contribution in [0, 0.1) is 0 Å². The molecule has 152 valence electrons. The number of para-hydroxylation sites is 1. The molecule has 4 nitrogen and oxygen atoms in total. The number of benzene rings is 4. The predicted molar refractivity (Wildman–Crippen MR) is 128 cm³/mol. The first-order chi connectivity index (χ1) is 18.7. The summed E-state index contributed by atoms with van der Waals surface area (Å²) in [5.41, 5.74) is 0.905. The van der Waals surface area contributed by atoms with E-state index >= 15 is 0 Å². The van der Waals surface area contributed by atoms with Crippen LogP contribution >= 0.6 is 11.6 Å². The predicted octanol–water partition coefficient (Wildman–Crippen LogP) is 7.43. The van der Waals surface area contributed by atoms with Gasteiger partial charge in [-0.15, -0.1) is 0 Å². The number of hydrogen-bond donors (Lipinski definition) is 0. The molecule has 0 aliphatic rings. The summed E-state index contributed by atoms with van der Waals surface area (Å²) in [5, 5.41) is 0.507. The monoisotopic (exact) mass is 440 g/mol. The number of aromatic nitrogens is 3. The van der Waals surface area contributed by atoms with Crippen LogP contribution in [0.15, 0.2) is 101 Å². The highest BCUT2D eigenvalue weighted by Gasteiger charge is 2.17. The molecule has 2 heterocycles. The van der Waals surface area contributed by atoms with E-state index in [0.29, 0.717) is 16.1 Å². The molecular formula is C27H16ClN3O. The zero-order chi connectivity index (χ0) is 27.6. The topological polar surface area (TPSA) is 51.8 Å². The largest absolute Gasteiger partial charge is 0.456 e. The third kappa shape index (κ3) is 3.22. The number of furan rings is 1. The second-order valence-electron chi connectivity index (χ2n) is 6.94. The number of nitrogens with zero attached hydrogens (tertiary/aromatic N) is 3. The van der Waals surface area contributed by atoms with Crippen LogP contribution < -0.4 is 0 Å². The molecule has 5 heteroatoms. The average molecular weight is 441 g/mol. The van der Waals surface area contributed by atoms with Gasteiger partial charge in [0.1, 0.15) is 11.2 Å². The van der Waals surface area contributed by atoms with Crippen LogP contribution in [0.4, 0.5) is 0 Å². The zero-order valence-corrected chi connectivity index (χ0v) is 17.1. The van der Waals surface area contributed by atoms with Gasteiger partial charge in [-0.1, -0.05) is 84.3 Å². The van der Waals surface area contributed by atoms with Crippen molar-refractivity contribution in [2.45, 2.75) is 0 Å². The van der Waals surface area contributed by atoms with Crippen molar-refractivity contribution in [2.75, 3.05) is 0 Å². The number of hydrogen-bond acceptors (Lipinski definition) is 4. The van der Waals surface area contributed by atoms with Crippen molar-refractivity contribution in [1.82, 2.24) is 15.0 Å².